The molecular weight excluding hydrogens is 223 g/mol. The summed E-state index contributed by atoms with van der Waals surface area (Å²) in [6.45, 7) is 0. The molecule has 0 aromatic heterocycles. The summed E-state index contributed by atoms with van der Waals surface area (Å²) in [7, 11) is 0. The number of benzene rings is 1. The summed E-state index contributed by atoms with van der Waals surface area (Å²) < 4.78 is 12.7. The van der Waals surface area contributed by atoms with Crippen LogP contribution in [0.4, 0.5) is 4.39 Å². The van der Waals surface area contributed by atoms with Gasteiger partial charge in [-0.2, -0.15) is 11.8 Å². The summed E-state index contributed by atoms with van der Waals surface area (Å²) in [6, 6.07) is 6.13. The van der Waals surface area contributed by atoms with E-state index in [0.29, 0.717) is 0 Å². The minimum Gasteiger partial charge on any atom is -0.388 e. The molecule has 1 unspecified atom stereocenters. The van der Waals surface area contributed by atoms with Crippen molar-refractivity contribution < 1.29 is 9.50 Å². The van der Waals surface area contributed by atoms with Crippen LogP contribution in [0, 0.1) is 5.82 Å². The number of thioether (sulfide) groups is 1. The van der Waals surface area contributed by atoms with Crippen LogP contribution < -0.4 is 0 Å². The molecular formula is C13H17FOS. The first-order chi connectivity index (χ1) is 7.75. The summed E-state index contributed by atoms with van der Waals surface area (Å²) in [5, 5.41) is 10.6. The van der Waals surface area contributed by atoms with Gasteiger partial charge in [0, 0.05) is 11.0 Å². The van der Waals surface area contributed by atoms with E-state index in [1.165, 1.54) is 37.8 Å². The Kier molecular flexibility index (Phi) is 4.24. The molecule has 0 heterocycles. The van der Waals surface area contributed by atoms with Crippen LogP contribution in [-0.2, 0) is 0 Å². The normalized spacial score (nSPS) is 18.9. The second-order valence-corrected chi connectivity index (χ2v) is 5.64. The maximum absolute atomic E-state index is 12.7. The van der Waals surface area contributed by atoms with Crippen molar-refractivity contribution in [3.8, 4) is 0 Å². The highest BCUT2D eigenvalue weighted by Crippen LogP contribution is 2.31. The molecule has 0 spiro atoms. The molecule has 0 radical (unpaired) electrons. The second kappa shape index (κ2) is 5.69. The van der Waals surface area contributed by atoms with Crippen LogP contribution in [0.3, 0.4) is 0 Å². The Morgan fingerprint density at radius 1 is 1.25 bits per heavy atom. The number of rotatable bonds is 4. The third-order valence-corrected chi connectivity index (χ3v) is 4.50. The Labute approximate surface area is 100 Å². The van der Waals surface area contributed by atoms with Crippen molar-refractivity contribution in [2.75, 3.05) is 5.75 Å². The van der Waals surface area contributed by atoms with E-state index in [0.717, 1.165) is 16.6 Å². The van der Waals surface area contributed by atoms with Crippen LogP contribution in [0.15, 0.2) is 24.3 Å². The topological polar surface area (TPSA) is 20.2 Å². The SMILES string of the molecule is OC(CSC1CCCC1)c1ccc(F)cc1. The molecule has 1 aromatic rings. The van der Waals surface area contributed by atoms with Gasteiger partial charge < -0.3 is 5.11 Å². The van der Waals surface area contributed by atoms with Crippen molar-refractivity contribution in [1.82, 2.24) is 0 Å². The van der Waals surface area contributed by atoms with E-state index in [1.54, 1.807) is 12.1 Å². The fourth-order valence-corrected chi connectivity index (χ4v) is 3.38. The van der Waals surface area contributed by atoms with E-state index in [2.05, 4.69) is 0 Å². The third kappa shape index (κ3) is 3.22. The fourth-order valence-electron chi connectivity index (χ4n) is 2.06. The highest BCUT2D eigenvalue weighted by atomic mass is 32.2. The Morgan fingerprint density at radius 2 is 1.88 bits per heavy atom. The quantitative estimate of drug-likeness (QED) is 0.868. The zero-order chi connectivity index (χ0) is 11.4. The first kappa shape index (κ1) is 11.9. The number of aliphatic hydroxyl groups is 1. The van der Waals surface area contributed by atoms with E-state index in [4.69, 9.17) is 0 Å². The highest BCUT2D eigenvalue weighted by molar-refractivity contribution is 7.99. The predicted octanol–water partition coefficient (Wildman–Crippen LogP) is 3.53. The molecule has 1 atom stereocenters. The largest absolute Gasteiger partial charge is 0.388 e. The number of hydrogen-bond donors (Lipinski definition) is 1. The molecule has 2 rings (SSSR count). The molecule has 1 saturated carbocycles. The van der Waals surface area contributed by atoms with Gasteiger partial charge in [0.15, 0.2) is 0 Å². The van der Waals surface area contributed by atoms with Gasteiger partial charge >= 0.3 is 0 Å². The van der Waals surface area contributed by atoms with Crippen LogP contribution in [0.2, 0.25) is 0 Å². The van der Waals surface area contributed by atoms with E-state index in [1.807, 2.05) is 11.8 Å². The van der Waals surface area contributed by atoms with Crippen molar-refractivity contribution in [2.45, 2.75) is 37.0 Å². The maximum Gasteiger partial charge on any atom is 0.123 e. The summed E-state index contributed by atoms with van der Waals surface area (Å²) in [4.78, 5) is 0. The van der Waals surface area contributed by atoms with Crippen molar-refractivity contribution in [2.24, 2.45) is 0 Å². The predicted molar refractivity (Wildman–Crippen MR) is 66.1 cm³/mol. The van der Waals surface area contributed by atoms with Crippen molar-refractivity contribution in [3.63, 3.8) is 0 Å². The maximum atomic E-state index is 12.7. The van der Waals surface area contributed by atoms with Crippen LogP contribution in [0.25, 0.3) is 0 Å². The van der Waals surface area contributed by atoms with E-state index in [-0.39, 0.29) is 5.82 Å². The number of hydrogen-bond acceptors (Lipinski definition) is 2. The number of aliphatic hydroxyl groups excluding tert-OH is 1. The molecule has 0 saturated heterocycles. The summed E-state index contributed by atoms with van der Waals surface area (Å²) in [5.74, 6) is 0.468. The molecule has 0 bridgehead atoms. The monoisotopic (exact) mass is 240 g/mol. The average molecular weight is 240 g/mol. The molecule has 0 amide bonds. The van der Waals surface area contributed by atoms with Gasteiger partial charge in [0.25, 0.3) is 0 Å². The van der Waals surface area contributed by atoms with Gasteiger partial charge in [0.1, 0.15) is 5.82 Å². The fraction of sp³-hybridized carbons (Fsp3) is 0.538. The first-order valence-electron chi connectivity index (χ1n) is 5.81. The summed E-state index contributed by atoms with van der Waals surface area (Å²) >= 11 is 1.85. The smallest absolute Gasteiger partial charge is 0.123 e. The van der Waals surface area contributed by atoms with Gasteiger partial charge in [0.05, 0.1) is 6.10 Å². The van der Waals surface area contributed by atoms with Gasteiger partial charge in [0.2, 0.25) is 0 Å². The van der Waals surface area contributed by atoms with Crippen LogP contribution >= 0.6 is 11.8 Å². The van der Waals surface area contributed by atoms with Crippen molar-refractivity contribution >= 4 is 11.8 Å². The second-order valence-electron chi connectivity index (χ2n) is 4.31. The van der Waals surface area contributed by atoms with Crippen molar-refractivity contribution in [3.05, 3.63) is 35.6 Å². The third-order valence-electron chi connectivity index (χ3n) is 3.05. The molecule has 88 valence electrons. The Balaban J connectivity index is 1.82. The Morgan fingerprint density at radius 3 is 2.50 bits per heavy atom. The number of halogens is 1. The van der Waals surface area contributed by atoms with Gasteiger partial charge in [-0.15, -0.1) is 0 Å². The lowest BCUT2D eigenvalue weighted by Gasteiger charge is -2.13. The minimum atomic E-state index is -0.466. The zero-order valence-corrected chi connectivity index (χ0v) is 10.0. The van der Waals surface area contributed by atoms with Gasteiger partial charge in [-0.05, 0) is 30.5 Å². The molecule has 1 fully saturated rings. The molecule has 1 nitrogen and oxygen atoms in total. The molecule has 0 aliphatic heterocycles. The molecule has 1 N–H and O–H groups in total. The van der Waals surface area contributed by atoms with Gasteiger partial charge in [-0.25, -0.2) is 4.39 Å². The highest BCUT2D eigenvalue weighted by Gasteiger charge is 2.17. The average Bonchev–Trinajstić information content (AvgIpc) is 2.80. The van der Waals surface area contributed by atoms with Crippen molar-refractivity contribution in [1.29, 1.82) is 0 Å². The Hall–Kier alpha value is -0.540. The minimum absolute atomic E-state index is 0.251. The molecule has 1 aromatic carbocycles. The molecule has 1 aliphatic rings. The molecule has 1 aliphatic carbocycles. The van der Waals surface area contributed by atoms with Gasteiger partial charge in [-0.1, -0.05) is 25.0 Å². The lowest BCUT2D eigenvalue weighted by molar-refractivity contribution is 0.204. The van der Waals surface area contributed by atoms with Crippen LogP contribution in [0.5, 0.6) is 0 Å². The molecule has 3 heteroatoms. The summed E-state index contributed by atoms with van der Waals surface area (Å²) in [6.07, 6.45) is 4.74. The van der Waals surface area contributed by atoms with E-state index in [9.17, 15) is 9.50 Å². The van der Waals surface area contributed by atoms with E-state index >= 15 is 0 Å². The summed E-state index contributed by atoms with van der Waals surface area (Å²) in [5.41, 5.74) is 0.812. The standard InChI is InChI=1S/C13H17FOS/c14-11-7-5-10(6-8-11)13(15)9-16-12-3-1-2-4-12/h5-8,12-13,15H,1-4,9H2. The lowest BCUT2D eigenvalue weighted by Crippen LogP contribution is -2.04. The molecule has 16 heavy (non-hydrogen) atoms. The van der Waals surface area contributed by atoms with Gasteiger partial charge in [-0.3, -0.25) is 0 Å². The Bertz CT molecular complexity index is 319. The lowest BCUT2D eigenvalue weighted by atomic mass is 10.1. The van der Waals surface area contributed by atoms with Crippen LogP contribution in [-0.4, -0.2) is 16.1 Å². The van der Waals surface area contributed by atoms with Crippen LogP contribution in [0.1, 0.15) is 37.4 Å². The first-order valence-corrected chi connectivity index (χ1v) is 6.86. The van der Waals surface area contributed by atoms with E-state index < -0.39 is 6.10 Å². The zero-order valence-electron chi connectivity index (χ0n) is 9.23.